The summed E-state index contributed by atoms with van der Waals surface area (Å²) in [4.78, 5) is 13.0. The number of benzene rings is 1. The molecule has 0 aliphatic rings. The van der Waals surface area contributed by atoms with Crippen molar-refractivity contribution in [1.82, 2.24) is 0 Å². The number of nitrogens with zero attached hydrogens (tertiary/aromatic N) is 1. The SMILES string of the molecule is CCCN(C(=O)O)c1cc(C(C)(C)C)cc(C(C)(C)C)c1. The number of carboxylic acid groups (broad SMARTS) is 1. The number of rotatable bonds is 3. The topological polar surface area (TPSA) is 40.5 Å². The van der Waals surface area contributed by atoms with Gasteiger partial charge in [0.1, 0.15) is 0 Å². The van der Waals surface area contributed by atoms with Crippen LogP contribution in [0.3, 0.4) is 0 Å². The molecular formula is C18H29NO2. The summed E-state index contributed by atoms with van der Waals surface area (Å²) >= 11 is 0. The lowest BCUT2D eigenvalue weighted by Crippen LogP contribution is -2.31. The Balaban J connectivity index is 3.47. The van der Waals surface area contributed by atoms with E-state index < -0.39 is 6.09 Å². The third kappa shape index (κ3) is 4.48. The van der Waals surface area contributed by atoms with Crippen LogP contribution in [0, 0.1) is 0 Å². The smallest absolute Gasteiger partial charge is 0.411 e. The predicted octanol–water partition coefficient (Wildman–Crippen LogP) is 5.18. The van der Waals surface area contributed by atoms with E-state index in [1.165, 1.54) is 16.0 Å². The van der Waals surface area contributed by atoms with Gasteiger partial charge in [-0.25, -0.2) is 4.79 Å². The number of hydrogen-bond donors (Lipinski definition) is 1. The molecule has 0 atom stereocenters. The van der Waals surface area contributed by atoms with E-state index in [9.17, 15) is 9.90 Å². The van der Waals surface area contributed by atoms with Crippen molar-refractivity contribution in [3.05, 3.63) is 29.3 Å². The summed E-state index contributed by atoms with van der Waals surface area (Å²) in [5, 5.41) is 9.47. The second-order valence-corrected chi connectivity index (χ2v) is 7.70. The lowest BCUT2D eigenvalue weighted by atomic mass is 9.80. The van der Waals surface area contributed by atoms with Crippen molar-refractivity contribution in [3.63, 3.8) is 0 Å². The summed E-state index contributed by atoms with van der Waals surface area (Å²) in [6, 6.07) is 6.23. The summed E-state index contributed by atoms with van der Waals surface area (Å²) < 4.78 is 0. The standard InChI is InChI=1S/C18H29NO2/c1-8-9-19(16(20)21)15-11-13(17(2,3)4)10-14(12-15)18(5,6)7/h10-12H,8-9H2,1-7H3,(H,20,21). The van der Waals surface area contributed by atoms with Crippen molar-refractivity contribution in [1.29, 1.82) is 0 Å². The average molecular weight is 291 g/mol. The molecule has 1 amide bonds. The molecule has 0 aromatic heterocycles. The number of amides is 1. The van der Waals surface area contributed by atoms with Gasteiger partial charge in [0.15, 0.2) is 0 Å². The van der Waals surface area contributed by atoms with E-state index in [4.69, 9.17) is 0 Å². The summed E-state index contributed by atoms with van der Waals surface area (Å²) in [5.74, 6) is 0. The first-order valence-corrected chi connectivity index (χ1v) is 7.63. The maximum absolute atomic E-state index is 11.5. The maximum atomic E-state index is 11.5. The summed E-state index contributed by atoms with van der Waals surface area (Å²) in [6.07, 6.45) is -0.0838. The van der Waals surface area contributed by atoms with Crippen molar-refractivity contribution in [3.8, 4) is 0 Å². The van der Waals surface area contributed by atoms with E-state index in [1.54, 1.807) is 0 Å². The number of anilines is 1. The highest BCUT2D eigenvalue weighted by Gasteiger charge is 2.23. The Morgan fingerprint density at radius 1 is 1.00 bits per heavy atom. The van der Waals surface area contributed by atoms with E-state index in [0.717, 1.165) is 12.1 Å². The van der Waals surface area contributed by atoms with Gasteiger partial charge in [-0.1, -0.05) is 54.5 Å². The van der Waals surface area contributed by atoms with Crippen molar-refractivity contribution in [2.45, 2.75) is 65.7 Å². The predicted molar refractivity (Wildman–Crippen MR) is 89.5 cm³/mol. The van der Waals surface area contributed by atoms with E-state index in [-0.39, 0.29) is 10.8 Å². The molecule has 0 radical (unpaired) electrons. The molecule has 1 aromatic rings. The first-order valence-electron chi connectivity index (χ1n) is 7.63. The second kappa shape index (κ2) is 6.08. The van der Waals surface area contributed by atoms with Gasteiger partial charge in [-0.2, -0.15) is 0 Å². The molecule has 0 aliphatic heterocycles. The van der Waals surface area contributed by atoms with Gasteiger partial charge in [0.05, 0.1) is 0 Å². The Kier molecular flexibility index (Phi) is 5.08. The molecule has 0 unspecified atom stereocenters. The molecule has 1 rings (SSSR count). The summed E-state index contributed by atoms with van der Waals surface area (Å²) in [7, 11) is 0. The van der Waals surface area contributed by atoms with Crippen LogP contribution in [0.1, 0.15) is 66.0 Å². The third-order valence-electron chi connectivity index (χ3n) is 3.64. The van der Waals surface area contributed by atoms with Gasteiger partial charge in [0.25, 0.3) is 0 Å². The molecule has 1 N–H and O–H groups in total. The van der Waals surface area contributed by atoms with Crippen molar-refractivity contribution >= 4 is 11.8 Å². The van der Waals surface area contributed by atoms with Gasteiger partial charge in [0.2, 0.25) is 0 Å². The fourth-order valence-corrected chi connectivity index (χ4v) is 2.19. The van der Waals surface area contributed by atoms with Crippen LogP contribution in [0.2, 0.25) is 0 Å². The van der Waals surface area contributed by atoms with Gasteiger partial charge in [-0.3, -0.25) is 4.90 Å². The van der Waals surface area contributed by atoms with Crippen LogP contribution in [-0.2, 0) is 10.8 Å². The highest BCUT2D eigenvalue weighted by Crippen LogP contribution is 2.33. The third-order valence-corrected chi connectivity index (χ3v) is 3.64. The molecule has 0 fully saturated rings. The quantitative estimate of drug-likeness (QED) is 0.834. The lowest BCUT2D eigenvalue weighted by Gasteiger charge is -2.28. The molecule has 0 heterocycles. The minimum absolute atomic E-state index is 0.00754. The Hall–Kier alpha value is -1.51. The highest BCUT2D eigenvalue weighted by atomic mass is 16.4. The molecular weight excluding hydrogens is 262 g/mol. The minimum Gasteiger partial charge on any atom is -0.465 e. The van der Waals surface area contributed by atoms with Crippen LogP contribution in [0.25, 0.3) is 0 Å². The van der Waals surface area contributed by atoms with Gasteiger partial charge in [-0.05, 0) is 40.5 Å². The molecule has 0 spiro atoms. The molecule has 0 saturated heterocycles. The maximum Gasteiger partial charge on any atom is 0.411 e. The van der Waals surface area contributed by atoms with Crippen molar-refractivity contribution < 1.29 is 9.90 Å². The average Bonchev–Trinajstić information content (AvgIpc) is 2.32. The first-order chi connectivity index (χ1) is 9.46. The molecule has 0 bridgehead atoms. The normalized spacial score (nSPS) is 12.3. The Labute approximate surface area is 129 Å². The monoisotopic (exact) mass is 291 g/mol. The summed E-state index contributed by atoms with van der Waals surface area (Å²) in [5.41, 5.74) is 3.11. The molecule has 3 heteroatoms. The van der Waals surface area contributed by atoms with Crippen LogP contribution in [-0.4, -0.2) is 17.7 Å². The van der Waals surface area contributed by atoms with Gasteiger partial charge >= 0.3 is 6.09 Å². The molecule has 1 aromatic carbocycles. The van der Waals surface area contributed by atoms with Gasteiger partial charge in [0, 0.05) is 12.2 Å². The molecule has 118 valence electrons. The Morgan fingerprint density at radius 3 is 1.71 bits per heavy atom. The van der Waals surface area contributed by atoms with Gasteiger partial charge in [-0.15, -0.1) is 0 Å². The Bertz CT molecular complexity index is 475. The highest BCUT2D eigenvalue weighted by molar-refractivity contribution is 5.86. The number of carbonyl (C=O) groups is 1. The van der Waals surface area contributed by atoms with Crippen LogP contribution in [0.5, 0.6) is 0 Å². The fourth-order valence-electron chi connectivity index (χ4n) is 2.19. The lowest BCUT2D eigenvalue weighted by molar-refractivity contribution is 0.201. The van der Waals surface area contributed by atoms with Crippen molar-refractivity contribution in [2.75, 3.05) is 11.4 Å². The first kappa shape index (κ1) is 17.5. The molecule has 0 saturated carbocycles. The summed E-state index contributed by atoms with van der Waals surface area (Å²) in [6.45, 7) is 15.5. The van der Waals surface area contributed by atoms with E-state index in [2.05, 4.69) is 47.6 Å². The molecule has 21 heavy (non-hydrogen) atoms. The van der Waals surface area contributed by atoms with Crippen LogP contribution < -0.4 is 4.90 Å². The zero-order valence-electron chi connectivity index (χ0n) is 14.4. The van der Waals surface area contributed by atoms with Gasteiger partial charge < -0.3 is 5.11 Å². The zero-order valence-corrected chi connectivity index (χ0v) is 14.4. The second-order valence-electron chi connectivity index (χ2n) is 7.70. The Morgan fingerprint density at radius 2 is 1.43 bits per heavy atom. The molecule has 0 aliphatic carbocycles. The minimum atomic E-state index is -0.886. The van der Waals surface area contributed by atoms with E-state index in [0.29, 0.717) is 6.54 Å². The van der Waals surface area contributed by atoms with Crippen molar-refractivity contribution in [2.24, 2.45) is 0 Å². The van der Waals surface area contributed by atoms with Crippen LogP contribution in [0.4, 0.5) is 10.5 Å². The van der Waals surface area contributed by atoms with Crippen LogP contribution >= 0.6 is 0 Å². The molecule has 3 nitrogen and oxygen atoms in total. The van der Waals surface area contributed by atoms with E-state index >= 15 is 0 Å². The zero-order chi connectivity index (χ0) is 16.4. The largest absolute Gasteiger partial charge is 0.465 e. The fraction of sp³-hybridized carbons (Fsp3) is 0.611. The van der Waals surface area contributed by atoms with E-state index in [1.807, 2.05) is 19.1 Å². The van der Waals surface area contributed by atoms with Crippen LogP contribution in [0.15, 0.2) is 18.2 Å². The number of hydrogen-bond acceptors (Lipinski definition) is 1.